The van der Waals surface area contributed by atoms with Crippen molar-refractivity contribution >= 4 is 17.7 Å². The Morgan fingerprint density at radius 3 is 2.94 bits per heavy atom. The van der Waals surface area contributed by atoms with Gasteiger partial charge in [0.15, 0.2) is 0 Å². The van der Waals surface area contributed by atoms with Crippen LogP contribution >= 0.6 is 11.8 Å². The monoisotopic (exact) mass is 269 g/mol. The van der Waals surface area contributed by atoms with Gasteiger partial charge in [-0.2, -0.15) is 0 Å². The third-order valence-electron chi connectivity index (χ3n) is 2.92. The summed E-state index contributed by atoms with van der Waals surface area (Å²) in [6, 6.07) is 6.43. The van der Waals surface area contributed by atoms with E-state index in [9.17, 15) is 9.18 Å². The molecule has 1 aromatic rings. The summed E-state index contributed by atoms with van der Waals surface area (Å²) in [6.45, 7) is 2.91. The quantitative estimate of drug-likeness (QED) is 0.841. The van der Waals surface area contributed by atoms with Crippen molar-refractivity contribution in [2.75, 3.05) is 20.3 Å². The Hall–Kier alpha value is -1.07. The highest BCUT2D eigenvalue weighted by molar-refractivity contribution is 8.01. The lowest BCUT2D eigenvalue weighted by atomic mass is 10.2. The molecule has 2 rings (SSSR count). The van der Waals surface area contributed by atoms with Crippen molar-refractivity contribution < 1.29 is 13.9 Å². The molecule has 1 aromatic carbocycles. The average Bonchev–Trinajstić information content (AvgIpc) is 2.64. The third kappa shape index (κ3) is 2.67. The second-order valence-corrected chi connectivity index (χ2v) is 5.64. The Morgan fingerprint density at radius 2 is 2.28 bits per heavy atom. The van der Waals surface area contributed by atoms with E-state index in [0.717, 1.165) is 5.56 Å². The predicted molar refractivity (Wildman–Crippen MR) is 69.8 cm³/mol. The van der Waals surface area contributed by atoms with Crippen molar-refractivity contribution in [3.8, 4) is 0 Å². The number of halogens is 1. The smallest absolute Gasteiger partial charge is 0.236 e. The number of methoxy groups -OCH3 is 1. The van der Waals surface area contributed by atoms with Crippen LogP contribution in [0.5, 0.6) is 0 Å². The van der Waals surface area contributed by atoms with Gasteiger partial charge in [-0.15, -0.1) is 11.8 Å². The standard InChI is InChI=1S/C13H16FNO2S/c1-9-12(16)15(6-7-17-2)13(18-9)10-4-3-5-11(14)8-10/h3-5,8-9,13H,6-7H2,1-2H3/t9-,13-/m1/s1. The Balaban J connectivity index is 2.22. The number of amides is 1. The minimum absolute atomic E-state index is 0.0878. The molecule has 0 aromatic heterocycles. The average molecular weight is 269 g/mol. The van der Waals surface area contributed by atoms with Gasteiger partial charge in [-0.3, -0.25) is 4.79 Å². The number of nitrogens with zero attached hydrogens (tertiary/aromatic N) is 1. The fourth-order valence-electron chi connectivity index (χ4n) is 2.01. The van der Waals surface area contributed by atoms with Gasteiger partial charge in [-0.1, -0.05) is 12.1 Å². The molecule has 18 heavy (non-hydrogen) atoms. The molecule has 0 aliphatic carbocycles. The zero-order valence-electron chi connectivity index (χ0n) is 10.4. The van der Waals surface area contributed by atoms with E-state index in [1.165, 1.54) is 12.1 Å². The molecule has 1 aliphatic rings. The molecule has 1 fully saturated rings. The maximum absolute atomic E-state index is 13.3. The fourth-order valence-corrected chi connectivity index (χ4v) is 3.31. The molecule has 1 heterocycles. The second kappa shape index (κ2) is 5.71. The molecule has 1 saturated heterocycles. The van der Waals surface area contributed by atoms with Crippen LogP contribution in [0.15, 0.2) is 24.3 Å². The van der Waals surface area contributed by atoms with Crippen LogP contribution in [0.25, 0.3) is 0 Å². The number of ether oxygens (including phenoxy) is 1. The summed E-state index contributed by atoms with van der Waals surface area (Å²) in [4.78, 5) is 13.8. The van der Waals surface area contributed by atoms with E-state index >= 15 is 0 Å². The van der Waals surface area contributed by atoms with Crippen molar-refractivity contribution in [1.82, 2.24) is 4.90 Å². The summed E-state index contributed by atoms with van der Waals surface area (Å²) in [5, 5.41) is -0.200. The van der Waals surface area contributed by atoms with Crippen molar-refractivity contribution in [1.29, 1.82) is 0 Å². The maximum Gasteiger partial charge on any atom is 0.236 e. The normalized spacial score (nSPS) is 23.7. The summed E-state index contributed by atoms with van der Waals surface area (Å²) >= 11 is 1.55. The van der Waals surface area contributed by atoms with Gasteiger partial charge in [-0.05, 0) is 24.6 Å². The van der Waals surface area contributed by atoms with E-state index < -0.39 is 0 Å². The Bertz CT molecular complexity index is 441. The lowest BCUT2D eigenvalue weighted by Crippen LogP contribution is -2.33. The van der Waals surface area contributed by atoms with Crippen molar-refractivity contribution in [3.05, 3.63) is 35.6 Å². The molecule has 1 aliphatic heterocycles. The van der Waals surface area contributed by atoms with Crippen molar-refractivity contribution in [2.45, 2.75) is 17.5 Å². The molecule has 5 heteroatoms. The zero-order valence-corrected chi connectivity index (χ0v) is 11.2. The summed E-state index contributed by atoms with van der Waals surface area (Å²) in [5.41, 5.74) is 0.828. The molecule has 0 radical (unpaired) electrons. The molecule has 1 amide bonds. The van der Waals surface area contributed by atoms with E-state index in [0.29, 0.717) is 13.2 Å². The first-order valence-corrected chi connectivity index (χ1v) is 6.78. The van der Waals surface area contributed by atoms with Crippen LogP contribution in [0.2, 0.25) is 0 Å². The van der Waals surface area contributed by atoms with Gasteiger partial charge in [0.2, 0.25) is 5.91 Å². The third-order valence-corrected chi connectivity index (χ3v) is 4.31. The number of rotatable bonds is 4. The van der Waals surface area contributed by atoms with Crippen LogP contribution in [0.4, 0.5) is 4.39 Å². The first-order valence-electron chi connectivity index (χ1n) is 5.84. The molecule has 0 saturated carbocycles. The first kappa shape index (κ1) is 13.4. The molecular formula is C13H16FNO2S. The SMILES string of the molecule is COCCN1C(=O)[C@@H](C)S[C@@H]1c1cccc(F)c1. The topological polar surface area (TPSA) is 29.5 Å². The van der Waals surface area contributed by atoms with Crippen LogP contribution in [0.3, 0.4) is 0 Å². The second-order valence-electron chi connectivity index (χ2n) is 4.21. The minimum atomic E-state index is -0.271. The van der Waals surface area contributed by atoms with E-state index in [4.69, 9.17) is 4.74 Å². The fraction of sp³-hybridized carbons (Fsp3) is 0.462. The van der Waals surface area contributed by atoms with E-state index in [1.807, 2.05) is 13.0 Å². The van der Waals surface area contributed by atoms with E-state index in [1.54, 1.807) is 29.8 Å². The number of benzene rings is 1. The zero-order chi connectivity index (χ0) is 13.1. The van der Waals surface area contributed by atoms with Crippen LogP contribution in [0, 0.1) is 5.82 Å². The molecule has 2 atom stereocenters. The number of carbonyl (C=O) groups excluding carboxylic acids is 1. The summed E-state index contributed by atoms with van der Waals surface area (Å²) in [5.74, 6) is -0.182. The number of hydrogen-bond acceptors (Lipinski definition) is 3. The predicted octanol–water partition coefficient (Wildman–Crippen LogP) is 2.43. The molecule has 98 valence electrons. The summed E-state index contributed by atoms with van der Waals surface area (Å²) in [6.07, 6.45) is 0. The van der Waals surface area contributed by atoms with Crippen LogP contribution in [-0.4, -0.2) is 36.3 Å². The Labute approximate surface area is 110 Å². The lowest BCUT2D eigenvalue weighted by molar-refractivity contribution is -0.130. The van der Waals surface area contributed by atoms with Crippen LogP contribution in [0.1, 0.15) is 17.9 Å². The van der Waals surface area contributed by atoms with Gasteiger partial charge in [0.1, 0.15) is 11.2 Å². The van der Waals surface area contributed by atoms with Crippen molar-refractivity contribution in [3.63, 3.8) is 0 Å². The largest absolute Gasteiger partial charge is 0.383 e. The maximum atomic E-state index is 13.3. The van der Waals surface area contributed by atoms with Gasteiger partial charge >= 0.3 is 0 Å². The highest BCUT2D eigenvalue weighted by Crippen LogP contribution is 2.42. The number of carbonyl (C=O) groups is 1. The van der Waals surface area contributed by atoms with Gasteiger partial charge in [-0.25, -0.2) is 4.39 Å². The van der Waals surface area contributed by atoms with Crippen molar-refractivity contribution in [2.24, 2.45) is 0 Å². The van der Waals surface area contributed by atoms with Crippen LogP contribution < -0.4 is 0 Å². The summed E-state index contributed by atoms with van der Waals surface area (Å²) < 4.78 is 18.3. The molecule has 0 spiro atoms. The number of thioether (sulfide) groups is 1. The Morgan fingerprint density at radius 1 is 1.50 bits per heavy atom. The van der Waals surface area contributed by atoms with Gasteiger partial charge in [0.05, 0.1) is 11.9 Å². The van der Waals surface area contributed by atoms with Gasteiger partial charge < -0.3 is 9.64 Å². The highest BCUT2D eigenvalue weighted by atomic mass is 32.2. The van der Waals surface area contributed by atoms with E-state index in [2.05, 4.69) is 0 Å². The lowest BCUT2D eigenvalue weighted by Gasteiger charge is -2.23. The molecule has 3 nitrogen and oxygen atoms in total. The molecule has 0 N–H and O–H groups in total. The summed E-state index contributed by atoms with van der Waals surface area (Å²) in [7, 11) is 1.61. The molecule has 0 unspecified atom stereocenters. The highest BCUT2D eigenvalue weighted by Gasteiger charge is 2.38. The number of hydrogen-bond donors (Lipinski definition) is 0. The van der Waals surface area contributed by atoms with Gasteiger partial charge in [0.25, 0.3) is 0 Å². The van der Waals surface area contributed by atoms with Crippen LogP contribution in [-0.2, 0) is 9.53 Å². The van der Waals surface area contributed by atoms with E-state index in [-0.39, 0.29) is 22.3 Å². The Kier molecular flexibility index (Phi) is 4.24. The minimum Gasteiger partial charge on any atom is -0.383 e. The molecule has 0 bridgehead atoms. The van der Waals surface area contributed by atoms with Gasteiger partial charge in [0, 0.05) is 13.7 Å². The molecular weight excluding hydrogens is 253 g/mol. The first-order chi connectivity index (χ1) is 8.63.